The van der Waals surface area contributed by atoms with Gasteiger partial charge in [0.05, 0.1) is 0 Å². The molecule has 0 unspecified atom stereocenters. The average molecular weight is 496 g/mol. The molecule has 1 fully saturated rings. The van der Waals surface area contributed by atoms with Crippen molar-refractivity contribution in [2.24, 2.45) is 4.99 Å². The lowest BCUT2D eigenvalue weighted by molar-refractivity contribution is 0.232. The zero-order chi connectivity index (χ0) is 18.7. The Bertz CT molecular complexity index is 694. The van der Waals surface area contributed by atoms with E-state index in [1.54, 1.807) is 0 Å². The summed E-state index contributed by atoms with van der Waals surface area (Å²) in [7, 11) is 0. The second-order valence-corrected chi connectivity index (χ2v) is 6.98. The Kier molecular flexibility index (Phi) is 10.3. The van der Waals surface area contributed by atoms with Gasteiger partial charge in [-0.2, -0.15) is 0 Å². The van der Waals surface area contributed by atoms with E-state index in [-0.39, 0.29) is 24.0 Å². The van der Waals surface area contributed by atoms with Crippen LogP contribution in [0, 0.1) is 0 Å². The molecule has 1 aliphatic rings. The number of imidazole rings is 1. The molecule has 6 nitrogen and oxygen atoms in total. The number of aliphatic imine (C=N–C) groups is 1. The summed E-state index contributed by atoms with van der Waals surface area (Å²) in [6, 6.07) is 10.5. The minimum Gasteiger partial charge on any atom is -0.357 e. The van der Waals surface area contributed by atoms with Crippen LogP contribution in [0.25, 0.3) is 0 Å². The van der Waals surface area contributed by atoms with E-state index < -0.39 is 0 Å². The van der Waals surface area contributed by atoms with Crippen molar-refractivity contribution in [3.63, 3.8) is 0 Å². The fourth-order valence-electron chi connectivity index (χ4n) is 3.42. The summed E-state index contributed by atoms with van der Waals surface area (Å²) in [5.41, 5.74) is 1.27. The topological polar surface area (TPSA) is 57.5 Å². The molecule has 0 atom stereocenters. The third-order valence-electron chi connectivity index (χ3n) is 4.89. The maximum Gasteiger partial charge on any atom is 0.191 e. The summed E-state index contributed by atoms with van der Waals surface area (Å²) in [6.45, 7) is 8.80. The third kappa shape index (κ3) is 7.43. The highest BCUT2D eigenvalue weighted by Gasteiger charge is 2.09. The molecule has 28 heavy (non-hydrogen) atoms. The number of halogens is 1. The predicted octanol–water partition coefficient (Wildman–Crippen LogP) is 3.09. The smallest absolute Gasteiger partial charge is 0.191 e. The van der Waals surface area contributed by atoms with E-state index in [9.17, 15) is 0 Å². The molecule has 1 aliphatic heterocycles. The Balaban J connectivity index is 0.00000280. The number of nitrogens with zero attached hydrogens (tertiary/aromatic N) is 4. The number of guanidine groups is 1. The first kappa shape index (κ1) is 22.7. The summed E-state index contributed by atoms with van der Waals surface area (Å²) in [4.78, 5) is 11.8. The van der Waals surface area contributed by atoms with Crippen LogP contribution in [0.15, 0.2) is 47.7 Å². The molecule has 7 heteroatoms. The molecule has 0 radical (unpaired) electrons. The van der Waals surface area contributed by atoms with E-state index in [1.807, 2.05) is 18.5 Å². The number of rotatable bonds is 8. The number of benzene rings is 1. The molecule has 2 aromatic rings. The highest BCUT2D eigenvalue weighted by Crippen LogP contribution is 2.08. The van der Waals surface area contributed by atoms with E-state index in [1.165, 1.54) is 37.9 Å². The van der Waals surface area contributed by atoms with Crippen molar-refractivity contribution < 1.29 is 0 Å². The van der Waals surface area contributed by atoms with Crippen molar-refractivity contribution in [1.82, 2.24) is 25.1 Å². The average Bonchev–Trinajstić information content (AvgIpc) is 3.14. The van der Waals surface area contributed by atoms with E-state index in [2.05, 4.69) is 56.3 Å². The maximum atomic E-state index is 4.73. The highest BCUT2D eigenvalue weighted by atomic mass is 127. The van der Waals surface area contributed by atoms with Gasteiger partial charge in [0.25, 0.3) is 0 Å². The third-order valence-corrected chi connectivity index (χ3v) is 4.89. The van der Waals surface area contributed by atoms with Crippen molar-refractivity contribution in [2.45, 2.75) is 39.3 Å². The van der Waals surface area contributed by atoms with Crippen molar-refractivity contribution in [3.05, 3.63) is 54.1 Å². The van der Waals surface area contributed by atoms with Gasteiger partial charge in [0.15, 0.2) is 5.96 Å². The van der Waals surface area contributed by atoms with Crippen molar-refractivity contribution in [2.75, 3.05) is 32.7 Å². The van der Waals surface area contributed by atoms with Crippen LogP contribution in [0.1, 0.15) is 37.6 Å². The number of piperidine rings is 1. The van der Waals surface area contributed by atoms with Gasteiger partial charge in [0, 0.05) is 38.6 Å². The van der Waals surface area contributed by atoms with E-state index in [0.29, 0.717) is 6.54 Å². The quantitative estimate of drug-likeness (QED) is 0.335. The van der Waals surface area contributed by atoms with Gasteiger partial charge in [-0.25, -0.2) is 9.98 Å². The summed E-state index contributed by atoms with van der Waals surface area (Å²) >= 11 is 0. The molecule has 0 spiro atoms. The number of hydrogen-bond donors (Lipinski definition) is 2. The van der Waals surface area contributed by atoms with E-state index >= 15 is 0 Å². The molecule has 1 saturated heterocycles. The number of nitrogens with one attached hydrogen (secondary N) is 2. The van der Waals surface area contributed by atoms with Crippen LogP contribution in [0.2, 0.25) is 0 Å². The Morgan fingerprint density at radius 2 is 1.89 bits per heavy atom. The fraction of sp³-hybridized carbons (Fsp3) is 0.524. The van der Waals surface area contributed by atoms with Crippen LogP contribution < -0.4 is 10.6 Å². The Morgan fingerprint density at radius 1 is 1.11 bits per heavy atom. The number of aromatic nitrogens is 2. The van der Waals surface area contributed by atoms with Crippen molar-refractivity contribution >= 4 is 29.9 Å². The Hall–Kier alpha value is -1.61. The van der Waals surface area contributed by atoms with Gasteiger partial charge in [-0.05, 0) is 38.4 Å². The van der Waals surface area contributed by atoms with Crippen LogP contribution in [-0.2, 0) is 13.1 Å². The Morgan fingerprint density at radius 3 is 2.64 bits per heavy atom. The minimum atomic E-state index is 0. The number of hydrogen-bond acceptors (Lipinski definition) is 3. The summed E-state index contributed by atoms with van der Waals surface area (Å²) in [6.07, 6.45) is 7.92. The van der Waals surface area contributed by atoms with Gasteiger partial charge in [-0.1, -0.05) is 36.8 Å². The molecule has 1 aromatic carbocycles. The fourth-order valence-corrected chi connectivity index (χ4v) is 3.42. The van der Waals surface area contributed by atoms with Crippen LogP contribution in [0.4, 0.5) is 0 Å². The molecule has 0 saturated carbocycles. The van der Waals surface area contributed by atoms with Gasteiger partial charge < -0.3 is 20.1 Å². The van der Waals surface area contributed by atoms with Gasteiger partial charge >= 0.3 is 0 Å². The van der Waals surface area contributed by atoms with Gasteiger partial charge in [0.1, 0.15) is 12.4 Å². The number of likely N-dealkylation sites (tertiary alicyclic amines) is 1. The highest BCUT2D eigenvalue weighted by molar-refractivity contribution is 14.0. The van der Waals surface area contributed by atoms with Crippen LogP contribution in [0.3, 0.4) is 0 Å². The molecular formula is C21H33IN6. The molecule has 0 amide bonds. The zero-order valence-corrected chi connectivity index (χ0v) is 19.1. The van der Waals surface area contributed by atoms with Gasteiger partial charge in [0.2, 0.25) is 0 Å². The van der Waals surface area contributed by atoms with Gasteiger partial charge in [-0.15, -0.1) is 24.0 Å². The monoisotopic (exact) mass is 496 g/mol. The molecule has 1 aromatic heterocycles. The zero-order valence-electron chi connectivity index (χ0n) is 16.8. The molecule has 2 heterocycles. The van der Waals surface area contributed by atoms with Crippen molar-refractivity contribution in [3.8, 4) is 0 Å². The van der Waals surface area contributed by atoms with E-state index in [0.717, 1.165) is 38.0 Å². The molecule has 2 N–H and O–H groups in total. The normalized spacial score (nSPS) is 15.1. The lowest BCUT2D eigenvalue weighted by Crippen LogP contribution is -2.42. The maximum absolute atomic E-state index is 4.73. The van der Waals surface area contributed by atoms with Crippen molar-refractivity contribution in [1.29, 1.82) is 0 Å². The van der Waals surface area contributed by atoms with Crippen LogP contribution in [-0.4, -0.2) is 53.1 Å². The lowest BCUT2D eigenvalue weighted by atomic mass is 10.1. The standard InChI is InChI=1S/C21H32N6.HI/c1-2-22-21(24-11-15-26-13-7-4-8-14-26)25-17-20-23-12-16-27(20)18-19-9-5-3-6-10-19;/h3,5-6,9-10,12,16H,2,4,7-8,11,13-15,17-18H2,1H3,(H2,22,24,25);1H. The first-order chi connectivity index (χ1) is 13.3. The minimum absolute atomic E-state index is 0. The Labute approximate surface area is 185 Å². The summed E-state index contributed by atoms with van der Waals surface area (Å²) in [5, 5.41) is 6.80. The second kappa shape index (κ2) is 12.8. The molecule has 3 rings (SSSR count). The van der Waals surface area contributed by atoms with E-state index in [4.69, 9.17) is 4.99 Å². The second-order valence-electron chi connectivity index (χ2n) is 6.98. The molecule has 0 bridgehead atoms. The van der Waals surface area contributed by atoms with Crippen LogP contribution in [0.5, 0.6) is 0 Å². The van der Waals surface area contributed by atoms with Crippen LogP contribution >= 0.6 is 24.0 Å². The largest absolute Gasteiger partial charge is 0.357 e. The SMILES string of the molecule is CCNC(=NCc1nccn1Cc1ccccc1)NCCN1CCCCC1.I. The summed E-state index contributed by atoms with van der Waals surface area (Å²) < 4.78 is 2.16. The molecule has 154 valence electrons. The summed E-state index contributed by atoms with van der Waals surface area (Å²) in [5.74, 6) is 1.84. The first-order valence-corrected chi connectivity index (χ1v) is 10.1. The molecular weight excluding hydrogens is 463 g/mol. The van der Waals surface area contributed by atoms with Gasteiger partial charge in [-0.3, -0.25) is 0 Å². The predicted molar refractivity (Wildman–Crippen MR) is 126 cm³/mol. The lowest BCUT2D eigenvalue weighted by Gasteiger charge is -2.26. The first-order valence-electron chi connectivity index (χ1n) is 10.1. The molecule has 0 aliphatic carbocycles.